The lowest BCUT2D eigenvalue weighted by Crippen LogP contribution is -2.19. The van der Waals surface area contributed by atoms with Crippen molar-refractivity contribution in [2.45, 2.75) is 17.9 Å². The molecule has 0 aliphatic carbocycles. The van der Waals surface area contributed by atoms with E-state index in [0.717, 1.165) is 5.56 Å². The maximum absolute atomic E-state index is 12.2. The Hall–Kier alpha value is -2.18. The van der Waals surface area contributed by atoms with Gasteiger partial charge in [0.05, 0.1) is 10.5 Å². The lowest BCUT2D eigenvalue weighted by molar-refractivity contribution is 0.0337. The SMILES string of the molecule is CNS(=O)(=O)c1cccc(C(=O)O[C@H](C)c2ccccc2)c1. The average molecular weight is 319 g/mol. The molecule has 0 aliphatic heterocycles. The highest BCUT2D eigenvalue weighted by atomic mass is 32.2. The third kappa shape index (κ3) is 3.72. The van der Waals surface area contributed by atoms with Crippen LogP contribution in [0.3, 0.4) is 0 Å². The summed E-state index contributed by atoms with van der Waals surface area (Å²) < 4.78 is 31.1. The maximum atomic E-state index is 12.2. The van der Waals surface area contributed by atoms with Crippen LogP contribution in [0.1, 0.15) is 28.9 Å². The number of carbonyl (C=O) groups excluding carboxylic acids is 1. The summed E-state index contributed by atoms with van der Waals surface area (Å²) in [6, 6.07) is 15.1. The molecule has 0 radical (unpaired) electrons. The van der Waals surface area contributed by atoms with Gasteiger partial charge in [0.25, 0.3) is 0 Å². The summed E-state index contributed by atoms with van der Waals surface area (Å²) in [5, 5.41) is 0. The van der Waals surface area contributed by atoms with Crippen molar-refractivity contribution in [2.75, 3.05) is 7.05 Å². The van der Waals surface area contributed by atoms with Gasteiger partial charge in [0.1, 0.15) is 6.10 Å². The molecule has 0 fully saturated rings. The van der Waals surface area contributed by atoms with Crippen LogP contribution in [0.4, 0.5) is 0 Å². The molecule has 1 atom stereocenters. The summed E-state index contributed by atoms with van der Waals surface area (Å²) in [6.07, 6.45) is -0.418. The smallest absolute Gasteiger partial charge is 0.338 e. The highest BCUT2D eigenvalue weighted by molar-refractivity contribution is 7.89. The minimum absolute atomic E-state index is 0.0248. The Morgan fingerprint density at radius 1 is 1.09 bits per heavy atom. The molecule has 0 heterocycles. The molecule has 0 amide bonds. The second-order valence-electron chi connectivity index (χ2n) is 4.69. The molecule has 0 aromatic heterocycles. The Labute approximate surface area is 130 Å². The van der Waals surface area contributed by atoms with Gasteiger partial charge >= 0.3 is 5.97 Å². The number of sulfonamides is 1. The van der Waals surface area contributed by atoms with E-state index in [0.29, 0.717) is 0 Å². The first-order valence-electron chi connectivity index (χ1n) is 6.73. The van der Waals surface area contributed by atoms with Gasteiger partial charge in [-0.15, -0.1) is 0 Å². The number of benzene rings is 2. The van der Waals surface area contributed by atoms with Crippen LogP contribution >= 0.6 is 0 Å². The largest absolute Gasteiger partial charge is 0.454 e. The molecule has 0 aliphatic rings. The Morgan fingerprint density at radius 3 is 2.41 bits per heavy atom. The fourth-order valence-corrected chi connectivity index (χ4v) is 2.70. The van der Waals surface area contributed by atoms with E-state index in [2.05, 4.69) is 4.72 Å². The summed E-state index contributed by atoms with van der Waals surface area (Å²) in [5.74, 6) is -0.565. The minimum atomic E-state index is -3.59. The first kappa shape index (κ1) is 16.2. The average Bonchev–Trinajstić information content (AvgIpc) is 2.55. The van der Waals surface area contributed by atoms with Crippen LogP contribution in [0.15, 0.2) is 59.5 Å². The Morgan fingerprint density at radius 2 is 1.77 bits per heavy atom. The zero-order chi connectivity index (χ0) is 16.2. The van der Waals surface area contributed by atoms with Crippen molar-refractivity contribution in [3.05, 3.63) is 65.7 Å². The van der Waals surface area contributed by atoms with Crippen LogP contribution in [-0.2, 0) is 14.8 Å². The van der Waals surface area contributed by atoms with Gasteiger partial charge in [-0.1, -0.05) is 36.4 Å². The van der Waals surface area contributed by atoms with Crippen molar-refractivity contribution in [2.24, 2.45) is 0 Å². The van der Waals surface area contributed by atoms with Crippen molar-refractivity contribution in [3.8, 4) is 0 Å². The van der Waals surface area contributed by atoms with E-state index in [1.54, 1.807) is 6.92 Å². The van der Waals surface area contributed by atoms with Crippen molar-refractivity contribution < 1.29 is 17.9 Å². The van der Waals surface area contributed by atoms with Crippen LogP contribution in [0.2, 0.25) is 0 Å². The third-order valence-corrected chi connectivity index (χ3v) is 4.61. The van der Waals surface area contributed by atoms with Gasteiger partial charge in [0.15, 0.2) is 0 Å². The molecule has 5 nitrogen and oxygen atoms in total. The van der Waals surface area contributed by atoms with Gasteiger partial charge in [0.2, 0.25) is 10.0 Å². The molecule has 0 saturated carbocycles. The van der Waals surface area contributed by atoms with E-state index in [-0.39, 0.29) is 10.5 Å². The van der Waals surface area contributed by atoms with Crippen molar-refractivity contribution in [3.63, 3.8) is 0 Å². The first-order chi connectivity index (χ1) is 10.4. The second-order valence-corrected chi connectivity index (χ2v) is 6.58. The van der Waals surface area contributed by atoms with Crippen LogP contribution in [0.5, 0.6) is 0 Å². The predicted octanol–water partition coefficient (Wildman–Crippen LogP) is 2.51. The van der Waals surface area contributed by atoms with E-state index in [1.807, 2.05) is 30.3 Å². The number of carbonyl (C=O) groups is 1. The Balaban J connectivity index is 2.19. The van der Waals surface area contributed by atoms with Gasteiger partial charge in [-0.2, -0.15) is 0 Å². The van der Waals surface area contributed by atoms with Crippen LogP contribution in [0.25, 0.3) is 0 Å². The molecule has 2 aromatic rings. The lowest BCUT2D eigenvalue weighted by atomic mass is 10.1. The Kier molecular flexibility index (Phi) is 4.95. The zero-order valence-electron chi connectivity index (χ0n) is 12.3. The fraction of sp³-hybridized carbons (Fsp3) is 0.188. The maximum Gasteiger partial charge on any atom is 0.338 e. The zero-order valence-corrected chi connectivity index (χ0v) is 13.1. The van der Waals surface area contributed by atoms with Gasteiger partial charge in [-0.05, 0) is 37.7 Å². The van der Waals surface area contributed by atoms with Gasteiger partial charge < -0.3 is 4.74 Å². The summed E-state index contributed by atoms with van der Waals surface area (Å²) in [5.41, 5.74) is 1.06. The van der Waals surface area contributed by atoms with Crippen molar-refractivity contribution in [1.82, 2.24) is 4.72 Å². The molecular weight excluding hydrogens is 302 g/mol. The highest BCUT2D eigenvalue weighted by Gasteiger charge is 2.17. The fourth-order valence-electron chi connectivity index (χ4n) is 1.93. The van der Waals surface area contributed by atoms with Crippen LogP contribution in [-0.4, -0.2) is 21.4 Å². The monoisotopic (exact) mass is 319 g/mol. The van der Waals surface area contributed by atoms with E-state index in [4.69, 9.17) is 4.74 Å². The first-order valence-corrected chi connectivity index (χ1v) is 8.22. The number of esters is 1. The van der Waals surface area contributed by atoms with Crippen molar-refractivity contribution >= 4 is 16.0 Å². The number of hydrogen-bond acceptors (Lipinski definition) is 4. The molecule has 0 spiro atoms. The highest BCUT2D eigenvalue weighted by Crippen LogP contribution is 2.19. The van der Waals surface area contributed by atoms with Crippen LogP contribution in [0, 0.1) is 0 Å². The quantitative estimate of drug-likeness (QED) is 0.860. The second kappa shape index (κ2) is 6.72. The number of hydrogen-bond donors (Lipinski definition) is 1. The van der Waals surface area contributed by atoms with E-state index >= 15 is 0 Å². The molecule has 0 unspecified atom stereocenters. The molecule has 116 valence electrons. The van der Waals surface area contributed by atoms with Gasteiger partial charge in [-0.3, -0.25) is 0 Å². The topological polar surface area (TPSA) is 72.5 Å². The third-order valence-electron chi connectivity index (χ3n) is 3.20. The van der Waals surface area contributed by atoms with E-state index in [9.17, 15) is 13.2 Å². The summed E-state index contributed by atoms with van der Waals surface area (Å²) in [7, 11) is -2.28. The number of rotatable bonds is 5. The number of ether oxygens (including phenoxy) is 1. The molecular formula is C16H17NO4S. The van der Waals surface area contributed by atoms with Gasteiger partial charge in [-0.25, -0.2) is 17.9 Å². The lowest BCUT2D eigenvalue weighted by Gasteiger charge is -2.14. The summed E-state index contributed by atoms with van der Waals surface area (Å²) >= 11 is 0. The summed E-state index contributed by atoms with van der Waals surface area (Å²) in [4.78, 5) is 12.2. The van der Waals surface area contributed by atoms with Gasteiger partial charge in [0, 0.05) is 0 Å². The molecule has 6 heteroatoms. The minimum Gasteiger partial charge on any atom is -0.454 e. The van der Waals surface area contributed by atoms with E-state index < -0.39 is 22.1 Å². The molecule has 0 saturated heterocycles. The van der Waals surface area contributed by atoms with Crippen molar-refractivity contribution in [1.29, 1.82) is 0 Å². The molecule has 2 rings (SSSR count). The normalized spacial score (nSPS) is 12.6. The molecule has 22 heavy (non-hydrogen) atoms. The molecule has 1 N–H and O–H groups in total. The molecule has 0 bridgehead atoms. The number of nitrogens with one attached hydrogen (secondary N) is 1. The standard InChI is InChI=1S/C16H17NO4S/c1-12(13-7-4-3-5-8-13)21-16(18)14-9-6-10-15(11-14)22(19,20)17-2/h3-12,17H,1-2H3/t12-/m1/s1. The van der Waals surface area contributed by atoms with E-state index in [1.165, 1.54) is 31.3 Å². The predicted molar refractivity (Wildman–Crippen MR) is 83.0 cm³/mol. The summed E-state index contributed by atoms with van der Waals surface area (Å²) in [6.45, 7) is 1.77. The van der Waals surface area contributed by atoms with Crippen LogP contribution < -0.4 is 4.72 Å². The molecule has 2 aromatic carbocycles. The Bertz CT molecular complexity index is 757.